The standard InChI is InChI=1S/C17H24N2S/c1-3-19(12-16-10-7-11-20-16)14-17(2,13-18)15-8-5-4-6-9-15/h4-11H,3,12-14,18H2,1-2H3. The summed E-state index contributed by atoms with van der Waals surface area (Å²) in [6.45, 7) is 8.19. The normalized spacial score (nSPS) is 14.4. The predicted molar refractivity (Wildman–Crippen MR) is 88.1 cm³/mol. The van der Waals surface area contributed by atoms with Crippen molar-refractivity contribution in [2.24, 2.45) is 5.73 Å². The molecule has 0 saturated carbocycles. The number of thiophene rings is 1. The van der Waals surface area contributed by atoms with Crippen LogP contribution in [0.4, 0.5) is 0 Å². The van der Waals surface area contributed by atoms with E-state index < -0.39 is 0 Å². The fourth-order valence-corrected chi connectivity index (χ4v) is 3.26. The van der Waals surface area contributed by atoms with Crippen molar-refractivity contribution in [1.82, 2.24) is 4.90 Å². The van der Waals surface area contributed by atoms with Gasteiger partial charge in [-0.1, -0.05) is 50.2 Å². The molecule has 20 heavy (non-hydrogen) atoms. The molecule has 0 saturated heterocycles. The summed E-state index contributed by atoms with van der Waals surface area (Å²) in [7, 11) is 0. The fourth-order valence-electron chi connectivity index (χ4n) is 2.51. The van der Waals surface area contributed by atoms with Crippen LogP contribution < -0.4 is 5.73 Å². The van der Waals surface area contributed by atoms with E-state index in [0.717, 1.165) is 19.6 Å². The minimum absolute atomic E-state index is 0.00846. The molecule has 2 rings (SSSR count). The fraction of sp³-hybridized carbons (Fsp3) is 0.412. The van der Waals surface area contributed by atoms with E-state index in [0.29, 0.717) is 6.54 Å². The summed E-state index contributed by atoms with van der Waals surface area (Å²) < 4.78 is 0. The van der Waals surface area contributed by atoms with Crippen molar-refractivity contribution < 1.29 is 0 Å². The van der Waals surface area contributed by atoms with Crippen LogP contribution >= 0.6 is 11.3 Å². The molecule has 108 valence electrons. The van der Waals surface area contributed by atoms with Gasteiger partial charge in [-0.3, -0.25) is 4.90 Å². The Morgan fingerprint density at radius 3 is 2.45 bits per heavy atom. The molecule has 0 aliphatic heterocycles. The van der Waals surface area contributed by atoms with Crippen LogP contribution in [0.5, 0.6) is 0 Å². The molecule has 0 bridgehead atoms. The quantitative estimate of drug-likeness (QED) is 0.845. The Kier molecular flexibility index (Phi) is 5.35. The van der Waals surface area contributed by atoms with E-state index in [1.165, 1.54) is 10.4 Å². The van der Waals surface area contributed by atoms with Gasteiger partial charge < -0.3 is 5.73 Å². The number of nitrogens with zero attached hydrogens (tertiary/aromatic N) is 1. The van der Waals surface area contributed by atoms with Gasteiger partial charge in [0.1, 0.15) is 0 Å². The van der Waals surface area contributed by atoms with Crippen molar-refractivity contribution in [2.75, 3.05) is 19.6 Å². The number of rotatable bonds is 7. The molecule has 0 amide bonds. The van der Waals surface area contributed by atoms with Crippen LogP contribution in [-0.4, -0.2) is 24.5 Å². The highest BCUT2D eigenvalue weighted by molar-refractivity contribution is 7.09. The van der Waals surface area contributed by atoms with Gasteiger partial charge in [-0.05, 0) is 23.6 Å². The first-order valence-electron chi connectivity index (χ1n) is 7.18. The van der Waals surface area contributed by atoms with Crippen LogP contribution in [0.1, 0.15) is 24.3 Å². The third-order valence-corrected chi connectivity index (χ3v) is 4.76. The Bertz CT molecular complexity index is 495. The number of hydrogen-bond acceptors (Lipinski definition) is 3. The molecule has 1 aromatic heterocycles. The minimum atomic E-state index is 0.00846. The molecule has 2 nitrogen and oxygen atoms in total. The maximum Gasteiger partial charge on any atom is 0.0328 e. The average Bonchev–Trinajstić information content (AvgIpc) is 3.00. The lowest BCUT2D eigenvalue weighted by atomic mass is 9.82. The first-order valence-corrected chi connectivity index (χ1v) is 8.06. The molecule has 0 aliphatic rings. The highest BCUT2D eigenvalue weighted by Crippen LogP contribution is 2.25. The van der Waals surface area contributed by atoms with Crippen molar-refractivity contribution >= 4 is 11.3 Å². The van der Waals surface area contributed by atoms with E-state index in [9.17, 15) is 0 Å². The molecule has 0 aliphatic carbocycles. The smallest absolute Gasteiger partial charge is 0.0328 e. The molecule has 2 N–H and O–H groups in total. The second kappa shape index (κ2) is 7.02. The molecule has 0 radical (unpaired) electrons. The maximum atomic E-state index is 6.09. The van der Waals surface area contributed by atoms with E-state index in [1.807, 2.05) is 11.3 Å². The van der Waals surface area contributed by atoms with Crippen molar-refractivity contribution in [3.05, 3.63) is 58.3 Å². The van der Waals surface area contributed by atoms with Gasteiger partial charge in [0, 0.05) is 29.9 Å². The maximum absolute atomic E-state index is 6.09. The van der Waals surface area contributed by atoms with E-state index in [2.05, 4.69) is 66.6 Å². The highest BCUT2D eigenvalue weighted by Gasteiger charge is 2.27. The second-order valence-electron chi connectivity index (χ2n) is 5.51. The molecule has 1 heterocycles. The average molecular weight is 288 g/mol. The van der Waals surface area contributed by atoms with Gasteiger partial charge in [-0.15, -0.1) is 11.3 Å². The van der Waals surface area contributed by atoms with Gasteiger partial charge in [0.15, 0.2) is 0 Å². The number of hydrogen-bond donors (Lipinski definition) is 1. The number of likely N-dealkylation sites (N-methyl/N-ethyl adjacent to an activating group) is 1. The molecule has 0 spiro atoms. The SMILES string of the molecule is CCN(Cc1cccs1)CC(C)(CN)c1ccccc1. The van der Waals surface area contributed by atoms with Crippen molar-refractivity contribution in [1.29, 1.82) is 0 Å². The Morgan fingerprint density at radius 1 is 1.15 bits per heavy atom. The van der Waals surface area contributed by atoms with Crippen molar-refractivity contribution in [2.45, 2.75) is 25.8 Å². The third-order valence-electron chi connectivity index (χ3n) is 3.90. The lowest BCUT2D eigenvalue weighted by Crippen LogP contribution is -2.43. The zero-order chi connectivity index (χ0) is 14.4. The van der Waals surface area contributed by atoms with Gasteiger partial charge in [-0.25, -0.2) is 0 Å². The van der Waals surface area contributed by atoms with E-state index >= 15 is 0 Å². The Hall–Kier alpha value is -1.16. The van der Waals surface area contributed by atoms with Crippen LogP contribution in [0.15, 0.2) is 47.8 Å². The lowest BCUT2D eigenvalue weighted by Gasteiger charge is -2.34. The summed E-state index contributed by atoms with van der Waals surface area (Å²) in [5.41, 5.74) is 7.43. The summed E-state index contributed by atoms with van der Waals surface area (Å²) in [6.07, 6.45) is 0. The molecule has 3 heteroatoms. The first kappa shape index (κ1) is 15.2. The van der Waals surface area contributed by atoms with Gasteiger partial charge in [0.2, 0.25) is 0 Å². The van der Waals surface area contributed by atoms with Crippen molar-refractivity contribution in [3.8, 4) is 0 Å². The van der Waals surface area contributed by atoms with Gasteiger partial charge in [0.25, 0.3) is 0 Å². The van der Waals surface area contributed by atoms with Crippen LogP contribution in [0, 0.1) is 0 Å². The Morgan fingerprint density at radius 2 is 1.90 bits per heavy atom. The topological polar surface area (TPSA) is 29.3 Å². The van der Waals surface area contributed by atoms with Crippen LogP contribution in [0.2, 0.25) is 0 Å². The minimum Gasteiger partial charge on any atom is -0.330 e. The lowest BCUT2D eigenvalue weighted by molar-refractivity contribution is 0.221. The molecule has 1 aromatic carbocycles. The summed E-state index contributed by atoms with van der Waals surface area (Å²) in [5, 5.41) is 2.14. The Labute approximate surface area is 126 Å². The van der Waals surface area contributed by atoms with Crippen LogP contribution in [-0.2, 0) is 12.0 Å². The Balaban J connectivity index is 2.11. The van der Waals surface area contributed by atoms with E-state index in [1.54, 1.807) is 0 Å². The summed E-state index contributed by atoms with van der Waals surface area (Å²) >= 11 is 1.82. The van der Waals surface area contributed by atoms with Gasteiger partial charge in [0.05, 0.1) is 0 Å². The second-order valence-corrected chi connectivity index (χ2v) is 6.55. The number of nitrogens with two attached hydrogens (primary N) is 1. The van der Waals surface area contributed by atoms with Crippen LogP contribution in [0.25, 0.3) is 0 Å². The highest BCUT2D eigenvalue weighted by atomic mass is 32.1. The third kappa shape index (κ3) is 3.69. The first-order chi connectivity index (χ1) is 9.68. The summed E-state index contributed by atoms with van der Waals surface area (Å²) in [4.78, 5) is 3.89. The number of benzene rings is 1. The van der Waals surface area contributed by atoms with Gasteiger partial charge >= 0.3 is 0 Å². The summed E-state index contributed by atoms with van der Waals surface area (Å²) in [6, 6.07) is 14.9. The molecular weight excluding hydrogens is 264 g/mol. The zero-order valence-electron chi connectivity index (χ0n) is 12.4. The van der Waals surface area contributed by atoms with E-state index in [4.69, 9.17) is 5.73 Å². The molecule has 2 aromatic rings. The molecular formula is C17H24N2S. The summed E-state index contributed by atoms with van der Waals surface area (Å²) in [5.74, 6) is 0. The van der Waals surface area contributed by atoms with Crippen LogP contribution in [0.3, 0.4) is 0 Å². The van der Waals surface area contributed by atoms with Crippen molar-refractivity contribution in [3.63, 3.8) is 0 Å². The van der Waals surface area contributed by atoms with E-state index in [-0.39, 0.29) is 5.41 Å². The largest absolute Gasteiger partial charge is 0.330 e. The molecule has 1 unspecified atom stereocenters. The van der Waals surface area contributed by atoms with Gasteiger partial charge in [-0.2, -0.15) is 0 Å². The molecule has 1 atom stereocenters. The zero-order valence-corrected chi connectivity index (χ0v) is 13.2. The predicted octanol–water partition coefficient (Wildman–Crippen LogP) is 3.49. The monoisotopic (exact) mass is 288 g/mol. The molecule has 0 fully saturated rings.